The zero-order chi connectivity index (χ0) is 16.1. The van der Waals surface area contributed by atoms with Gasteiger partial charge in [0.25, 0.3) is 5.91 Å². The summed E-state index contributed by atoms with van der Waals surface area (Å²) in [4.78, 5) is 18.7. The molecule has 1 saturated heterocycles. The molecule has 2 aromatic rings. The van der Waals surface area contributed by atoms with E-state index in [0.29, 0.717) is 12.3 Å². The fourth-order valence-corrected chi connectivity index (χ4v) is 3.32. The van der Waals surface area contributed by atoms with Crippen LogP contribution in [0, 0.1) is 0 Å². The van der Waals surface area contributed by atoms with Crippen molar-refractivity contribution in [2.24, 2.45) is 0 Å². The molecular formula is C17H21N3O2S. The van der Waals surface area contributed by atoms with Crippen LogP contribution in [0.4, 0.5) is 10.8 Å². The number of hydrogen-bond donors (Lipinski definition) is 1. The van der Waals surface area contributed by atoms with E-state index >= 15 is 0 Å². The lowest BCUT2D eigenvalue weighted by Gasteiger charge is -2.25. The average Bonchev–Trinajstić information content (AvgIpc) is 3.05. The number of amides is 1. The number of hydrogen-bond acceptors (Lipinski definition) is 5. The number of carbonyl (C=O) groups excluding carboxylic acids is 1. The highest BCUT2D eigenvalue weighted by molar-refractivity contribution is 7.14. The highest BCUT2D eigenvalue weighted by atomic mass is 32.1. The third kappa shape index (κ3) is 4.01. The predicted molar refractivity (Wildman–Crippen MR) is 92.8 cm³/mol. The Balaban J connectivity index is 1.63. The summed E-state index contributed by atoms with van der Waals surface area (Å²) in [5.41, 5.74) is 1.46. The van der Waals surface area contributed by atoms with Gasteiger partial charge in [-0.2, -0.15) is 0 Å². The molecule has 1 N–H and O–H groups in total. The van der Waals surface area contributed by atoms with Crippen LogP contribution in [-0.4, -0.2) is 35.5 Å². The van der Waals surface area contributed by atoms with Crippen LogP contribution in [0.15, 0.2) is 29.6 Å². The minimum atomic E-state index is 0.0423. The number of aromatic nitrogens is 1. The van der Waals surface area contributed by atoms with Crippen molar-refractivity contribution < 1.29 is 9.53 Å². The number of nitrogens with one attached hydrogen (secondary N) is 1. The SMILES string of the molecule is CCOc1ccc(Nc2nc(C(=O)N3CCCCC3)cs2)cc1. The van der Waals surface area contributed by atoms with Crippen LogP contribution in [0.5, 0.6) is 5.75 Å². The second-order valence-electron chi connectivity index (χ2n) is 5.47. The van der Waals surface area contributed by atoms with Gasteiger partial charge in [-0.05, 0) is 50.5 Å². The number of likely N-dealkylation sites (tertiary alicyclic amines) is 1. The van der Waals surface area contributed by atoms with Gasteiger partial charge in [0.2, 0.25) is 0 Å². The summed E-state index contributed by atoms with van der Waals surface area (Å²) in [7, 11) is 0. The molecule has 122 valence electrons. The molecule has 0 bridgehead atoms. The first-order valence-corrected chi connectivity index (χ1v) is 8.89. The fourth-order valence-electron chi connectivity index (χ4n) is 2.61. The summed E-state index contributed by atoms with van der Waals surface area (Å²) in [6.45, 7) is 4.31. The number of benzene rings is 1. The van der Waals surface area contributed by atoms with Crippen LogP contribution in [0.3, 0.4) is 0 Å². The molecule has 3 rings (SSSR count). The highest BCUT2D eigenvalue weighted by Crippen LogP contribution is 2.24. The highest BCUT2D eigenvalue weighted by Gasteiger charge is 2.20. The molecule has 2 heterocycles. The third-order valence-corrected chi connectivity index (χ3v) is 4.54. The molecule has 0 aliphatic carbocycles. The van der Waals surface area contributed by atoms with Gasteiger partial charge in [0.15, 0.2) is 5.13 Å². The second-order valence-corrected chi connectivity index (χ2v) is 6.33. The molecule has 1 aliphatic rings. The molecule has 1 aromatic heterocycles. The van der Waals surface area contributed by atoms with E-state index < -0.39 is 0 Å². The van der Waals surface area contributed by atoms with Gasteiger partial charge in [-0.15, -0.1) is 11.3 Å². The maximum absolute atomic E-state index is 12.4. The molecule has 0 saturated carbocycles. The fraction of sp³-hybridized carbons (Fsp3) is 0.412. The summed E-state index contributed by atoms with van der Waals surface area (Å²) < 4.78 is 5.42. The van der Waals surface area contributed by atoms with Gasteiger partial charge in [-0.3, -0.25) is 4.79 Å². The maximum atomic E-state index is 12.4. The second kappa shape index (κ2) is 7.46. The van der Waals surface area contributed by atoms with Gasteiger partial charge >= 0.3 is 0 Å². The Morgan fingerprint density at radius 3 is 2.70 bits per heavy atom. The molecule has 6 heteroatoms. The molecule has 0 spiro atoms. The lowest BCUT2D eigenvalue weighted by Crippen LogP contribution is -2.35. The minimum absolute atomic E-state index is 0.0423. The number of ether oxygens (including phenoxy) is 1. The zero-order valence-electron chi connectivity index (χ0n) is 13.2. The number of rotatable bonds is 5. The molecule has 1 aromatic carbocycles. The summed E-state index contributed by atoms with van der Waals surface area (Å²) in [6, 6.07) is 7.72. The first kappa shape index (κ1) is 15.8. The summed E-state index contributed by atoms with van der Waals surface area (Å²) in [6.07, 6.45) is 3.39. The smallest absolute Gasteiger partial charge is 0.273 e. The Kier molecular flexibility index (Phi) is 5.12. The lowest BCUT2D eigenvalue weighted by atomic mass is 10.1. The van der Waals surface area contributed by atoms with Gasteiger partial charge in [0.05, 0.1) is 6.61 Å². The van der Waals surface area contributed by atoms with Crippen molar-refractivity contribution in [3.8, 4) is 5.75 Å². The summed E-state index contributed by atoms with van der Waals surface area (Å²) in [5, 5.41) is 5.79. The molecule has 23 heavy (non-hydrogen) atoms. The lowest BCUT2D eigenvalue weighted by molar-refractivity contribution is 0.0719. The van der Waals surface area contributed by atoms with E-state index in [-0.39, 0.29) is 5.91 Å². The van der Waals surface area contributed by atoms with Gasteiger partial charge in [0.1, 0.15) is 11.4 Å². The molecular weight excluding hydrogens is 310 g/mol. The molecule has 1 amide bonds. The van der Waals surface area contributed by atoms with E-state index in [2.05, 4.69) is 10.3 Å². The van der Waals surface area contributed by atoms with E-state index in [0.717, 1.165) is 42.5 Å². The van der Waals surface area contributed by atoms with Crippen LogP contribution >= 0.6 is 11.3 Å². The Morgan fingerprint density at radius 1 is 1.26 bits per heavy atom. The molecule has 1 aliphatic heterocycles. The van der Waals surface area contributed by atoms with E-state index in [1.165, 1.54) is 17.8 Å². The van der Waals surface area contributed by atoms with Crippen molar-refractivity contribution in [2.45, 2.75) is 26.2 Å². The van der Waals surface area contributed by atoms with Crippen LogP contribution in [-0.2, 0) is 0 Å². The van der Waals surface area contributed by atoms with E-state index in [4.69, 9.17) is 4.74 Å². The first-order chi connectivity index (χ1) is 11.3. The number of carbonyl (C=O) groups is 1. The quantitative estimate of drug-likeness (QED) is 0.902. The zero-order valence-corrected chi connectivity index (χ0v) is 14.1. The number of nitrogens with zero attached hydrogens (tertiary/aromatic N) is 2. The Labute approximate surface area is 140 Å². The maximum Gasteiger partial charge on any atom is 0.273 e. The Bertz CT molecular complexity index is 648. The molecule has 5 nitrogen and oxygen atoms in total. The number of thiazole rings is 1. The molecule has 1 fully saturated rings. The van der Waals surface area contributed by atoms with E-state index in [1.54, 1.807) is 0 Å². The molecule has 0 radical (unpaired) electrons. The van der Waals surface area contributed by atoms with Crippen molar-refractivity contribution in [3.05, 3.63) is 35.3 Å². The van der Waals surface area contributed by atoms with Crippen molar-refractivity contribution >= 4 is 28.1 Å². The van der Waals surface area contributed by atoms with Crippen molar-refractivity contribution in [2.75, 3.05) is 25.0 Å². The van der Waals surface area contributed by atoms with Crippen molar-refractivity contribution in [3.63, 3.8) is 0 Å². The van der Waals surface area contributed by atoms with Crippen molar-refractivity contribution in [1.29, 1.82) is 0 Å². The number of piperidine rings is 1. The summed E-state index contributed by atoms with van der Waals surface area (Å²) >= 11 is 1.45. The van der Waals surface area contributed by atoms with Gasteiger partial charge in [-0.25, -0.2) is 4.98 Å². The largest absolute Gasteiger partial charge is 0.494 e. The van der Waals surface area contributed by atoms with Crippen LogP contribution in [0.1, 0.15) is 36.7 Å². The van der Waals surface area contributed by atoms with Crippen LogP contribution < -0.4 is 10.1 Å². The average molecular weight is 331 g/mol. The third-order valence-electron chi connectivity index (χ3n) is 3.78. The first-order valence-electron chi connectivity index (χ1n) is 8.01. The van der Waals surface area contributed by atoms with Gasteiger partial charge in [-0.1, -0.05) is 0 Å². The topological polar surface area (TPSA) is 54.5 Å². The Morgan fingerprint density at radius 2 is 2.00 bits per heavy atom. The van der Waals surface area contributed by atoms with Gasteiger partial charge < -0.3 is 15.0 Å². The predicted octanol–water partition coefficient (Wildman–Crippen LogP) is 3.91. The minimum Gasteiger partial charge on any atom is -0.494 e. The summed E-state index contributed by atoms with van der Waals surface area (Å²) in [5.74, 6) is 0.888. The monoisotopic (exact) mass is 331 g/mol. The molecule has 0 atom stereocenters. The van der Waals surface area contributed by atoms with Crippen LogP contribution in [0.2, 0.25) is 0 Å². The van der Waals surface area contributed by atoms with E-state index in [9.17, 15) is 4.79 Å². The Hall–Kier alpha value is -2.08. The van der Waals surface area contributed by atoms with Crippen molar-refractivity contribution in [1.82, 2.24) is 9.88 Å². The van der Waals surface area contributed by atoms with Gasteiger partial charge in [0, 0.05) is 24.2 Å². The normalized spacial score (nSPS) is 14.6. The van der Waals surface area contributed by atoms with Crippen LogP contribution in [0.25, 0.3) is 0 Å². The standard InChI is InChI=1S/C17H21N3O2S/c1-2-22-14-8-6-13(7-9-14)18-17-19-15(12-23-17)16(21)20-10-4-3-5-11-20/h6-9,12H,2-5,10-11H2,1H3,(H,18,19). The molecule has 0 unspecified atom stereocenters. The number of anilines is 2. The van der Waals surface area contributed by atoms with E-state index in [1.807, 2.05) is 41.5 Å².